The molecule has 19 heavy (non-hydrogen) atoms. The van der Waals surface area contributed by atoms with E-state index in [-0.39, 0.29) is 30.7 Å². The molecule has 4 N–H and O–H groups in total. The molecule has 0 aliphatic rings. The van der Waals surface area contributed by atoms with Crippen molar-refractivity contribution in [2.24, 2.45) is 5.84 Å². The number of aliphatic hydroxyl groups is 1. The van der Waals surface area contributed by atoms with E-state index in [1.54, 1.807) is 11.9 Å². The zero-order valence-electron chi connectivity index (χ0n) is 10.4. The maximum atomic E-state index is 10.9. The first-order valence-electron chi connectivity index (χ1n) is 5.48. The number of nitrogen functional groups attached to an aromatic ring is 1. The van der Waals surface area contributed by atoms with Gasteiger partial charge in [0.25, 0.3) is 0 Å². The Bertz CT molecular complexity index is 429. The minimum Gasteiger partial charge on any atom is -0.394 e. The number of hydrogen-bond donors (Lipinski definition) is 3. The van der Waals surface area contributed by atoms with Gasteiger partial charge >= 0.3 is 5.69 Å². The number of rotatable bonds is 8. The van der Waals surface area contributed by atoms with E-state index in [0.717, 1.165) is 6.20 Å². The van der Waals surface area contributed by atoms with E-state index >= 15 is 0 Å². The normalized spacial score (nSPS) is 10.3. The first-order chi connectivity index (χ1) is 9.10. The van der Waals surface area contributed by atoms with Gasteiger partial charge in [-0.1, -0.05) is 0 Å². The lowest BCUT2D eigenvalue weighted by Gasteiger charge is -2.18. The van der Waals surface area contributed by atoms with Gasteiger partial charge in [0.15, 0.2) is 0 Å². The van der Waals surface area contributed by atoms with Gasteiger partial charge in [0.2, 0.25) is 11.8 Å². The zero-order chi connectivity index (χ0) is 14.3. The molecule has 0 spiro atoms. The maximum absolute atomic E-state index is 10.9. The van der Waals surface area contributed by atoms with Crippen molar-refractivity contribution in [3.8, 4) is 0 Å². The highest BCUT2D eigenvalue weighted by molar-refractivity contribution is 5.58. The van der Waals surface area contributed by atoms with Crippen LogP contribution in [-0.4, -0.2) is 53.4 Å². The Balaban J connectivity index is 2.80. The van der Waals surface area contributed by atoms with Gasteiger partial charge in [-0.05, 0) is 0 Å². The molecule has 0 bridgehead atoms. The summed E-state index contributed by atoms with van der Waals surface area (Å²) in [5.74, 6) is 5.40. The lowest BCUT2D eigenvalue weighted by molar-refractivity contribution is -0.384. The summed E-state index contributed by atoms with van der Waals surface area (Å²) in [6.45, 7) is 0.833. The predicted molar refractivity (Wildman–Crippen MR) is 67.7 cm³/mol. The van der Waals surface area contributed by atoms with Crippen molar-refractivity contribution in [2.75, 3.05) is 43.7 Å². The third-order valence-corrected chi connectivity index (χ3v) is 2.24. The second-order valence-corrected chi connectivity index (χ2v) is 3.56. The van der Waals surface area contributed by atoms with Crippen molar-refractivity contribution >= 4 is 17.5 Å². The van der Waals surface area contributed by atoms with Crippen molar-refractivity contribution < 1.29 is 14.8 Å². The Morgan fingerprint density at radius 2 is 2.37 bits per heavy atom. The van der Waals surface area contributed by atoms with Crippen molar-refractivity contribution in [1.82, 2.24) is 9.97 Å². The topological polar surface area (TPSA) is 140 Å². The number of hydrazine groups is 1. The zero-order valence-corrected chi connectivity index (χ0v) is 10.4. The third-order valence-electron chi connectivity index (χ3n) is 2.24. The number of nitrogens with two attached hydrogens (primary N) is 1. The summed E-state index contributed by atoms with van der Waals surface area (Å²) >= 11 is 0. The molecule has 0 fully saturated rings. The smallest absolute Gasteiger partial charge is 0.329 e. The summed E-state index contributed by atoms with van der Waals surface area (Å²) in [5.41, 5.74) is 2.01. The Morgan fingerprint density at radius 3 is 2.95 bits per heavy atom. The van der Waals surface area contributed by atoms with Crippen LogP contribution >= 0.6 is 0 Å². The Morgan fingerprint density at radius 1 is 1.63 bits per heavy atom. The van der Waals surface area contributed by atoms with Crippen molar-refractivity contribution in [2.45, 2.75) is 0 Å². The number of nitrogens with zero attached hydrogens (tertiary/aromatic N) is 4. The van der Waals surface area contributed by atoms with Crippen LogP contribution < -0.4 is 16.2 Å². The molecule has 0 saturated heterocycles. The minimum atomic E-state index is -0.569. The first kappa shape index (κ1) is 15.0. The van der Waals surface area contributed by atoms with Gasteiger partial charge in [-0.3, -0.25) is 15.5 Å². The monoisotopic (exact) mass is 272 g/mol. The lowest BCUT2D eigenvalue weighted by atomic mass is 10.4. The molecule has 0 aliphatic carbocycles. The molecule has 106 valence electrons. The summed E-state index contributed by atoms with van der Waals surface area (Å²) in [5, 5.41) is 19.4. The van der Waals surface area contributed by atoms with Gasteiger partial charge in [-0.2, -0.15) is 4.98 Å². The summed E-state index contributed by atoms with van der Waals surface area (Å²) in [7, 11) is 1.64. The maximum Gasteiger partial charge on any atom is 0.329 e. The highest BCUT2D eigenvalue weighted by atomic mass is 16.6. The molecule has 1 aromatic rings. The fourth-order valence-electron chi connectivity index (χ4n) is 1.32. The molecule has 10 heteroatoms. The van der Waals surface area contributed by atoms with E-state index < -0.39 is 4.92 Å². The van der Waals surface area contributed by atoms with Gasteiger partial charge in [-0.25, -0.2) is 10.8 Å². The van der Waals surface area contributed by atoms with Crippen LogP contribution in [0.15, 0.2) is 6.20 Å². The van der Waals surface area contributed by atoms with E-state index in [1.165, 1.54) is 0 Å². The summed E-state index contributed by atoms with van der Waals surface area (Å²) in [6, 6.07) is 0. The molecule has 1 aromatic heterocycles. The number of aliphatic hydroxyl groups excluding tert-OH is 1. The first-order valence-corrected chi connectivity index (χ1v) is 5.48. The molecule has 10 nitrogen and oxygen atoms in total. The van der Waals surface area contributed by atoms with Crippen LogP contribution in [0.4, 0.5) is 17.5 Å². The second kappa shape index (κ2) is 7.41. The Labute approximate surface area is 109 Å². The van der Waals surface area contributed by atoms with E-state index in [4.69, 9.17) is 15.7 Å². The highest BCUT2D eigenvalue weighted by Gasteiger charge is 2.20. The average molecular weight is 272 g/mol. The SMILES string of the molecule is CN(CCOCCO)c1nc(NN)ncc1[N+](=O)[O-]. The molecule has 1 heterocycles. The number of likely N-dealkylation sites (N-methyl/N-ethyl adjacent to an activating group) is 1. The standard InChI is InChI=1S/C9H16N6O4/c1-14(2-4-19-5-3-16)8-7(15(17)18)6-11-9(12-8)13-10/h6,16H,2-5,10H2,1H3,(H,11,12,13). The molecular weight excluding hydrogens is 256 g/mol. The number of nitrogens with one attached hydrogen (secondary N) is 1. The van der Waals surface area contributed by atoms with E-state index in [1.807, 2.05) is 0 Å². The molecule has 0 aromatic carbocycles. The van der Waals surface area contributed by atoms with Crippen LogP contribution in [0.1, 0.15) is 0 Å². The summed E-state index contributed by atoms with van der Waals surface area (Å²) in [6.07, 6.45) is 1.09. The number of ether oxygens (including phenoxy) is 1. The van der Waals surface area contributed by atoms with Crippen LogP contribution in [0.3, 0.4) is 0 Å². The fraction of sp³-hybridized carbons (Fsp3) is 0.556. The predicted octanol–water partition coefficient (Wildman–Crippen LogP) is -0.884. The van der Waals surface area contributed by atoms with Crippen molar-refractivity contribution in [3.05, 3.63) is 16.3 Å². The van der Waals surface area contributed by atoms with Gasteiger partial charge in [0.1, 0.15) is 6.20 Å². The molecule has 0 aliphatic heterocycles. The molecule has 0 unspecified atom stereocenters. The lowest BCUT2D eigenvalue weighted by Crippen LogP contribution is -2.25. The second-order valence-electron chi connectivity index (χ2n) is 3.56. The molecule has 1 rings (SSSR count). The van der Waals surface area contributed by atoms with Crippen LogP contribution in [0, 0.1) is 10.1 Å². The van der Waals surface area contributed by atoms with Crippen LogP contribution in [0.2, 0.25) is 0 Å². The van der Waals surface area contributed by atoms with Crippen LogP contribution in [0.25, 0.3) is 0 Å². The van der Waals surface area contributed by atoms with Crippen molar-refractivity contribution in [3.63, 3.8) is 0 Å². The number of nitro groups is 1. The Hall–Kier alpha value is -2.04. The quantitative estimate of drug-likeness (QED) is 0.238. The fourth-order valence-corrected chi connectivity index (χ4v) is 1.32. The summed E-state index contributed by atoms with van der Waals surface area (Å²) in [4.78, 5) is 19.5. The van der Waals surface area contributed by atoms with Crippen LogP contribution in [-0.2, 0) is 4.74 Å². The number of anilines is 2. The van der Waals surface area contributed by atoms with Gasteiger partial charge in [0, 0.05) is 13.6 Å². The van der Waals surface area contributed by atoms with Crippen LogP contribution in [0.5, 0.6) is 0 Å². The molecule has 0 atom stereocenters. The van der Waals surface area contributed by atoms with E-state index in [0.29, 0.717) is 13.2 Å². The molecular formula is C9H16N6O4. The molecule has 0 saturated carbocycles. The Kier molecular flexibility index (Phi) is 5.85. The van der Waals surface area contributed by atoms with E-state index in [2.05, 4.69) is 15.4 Å². The van der Waals surface area contributed by atoms with Crippen molar-refractivity contribution in [1.29, 1.82) is 0 Å². The molecule has 0 radical (unpaired) electrons. The van der Waals surface area contributed by atoms with Gasteiger partial charge < -0.3 is 14.7 Å². The average Bonchev–Trinajstić information content (AvgIpc) is 2.42. The van der Waals surface area contributed by atoms with Gasteiger partial charge in [0.05, 0.1) is 24.7 Å². The largest absolute Gasteiger partial charge is 0.394 e. The van der Waals surface area contributed by atoms with Gasteiger partial charge in [-0.15, -0.1) is 0 Å². The number of aromatic nitrogens is 2. The highest BCUT2D eigenvalue weighted by Crippen LogP contribution is 2.24. The minimum absolute atomic E-state index is 0.0708. The molecule has 0 amide bonds. The number of hydrogen-bond acceptors (Lipinski definition) is 9. The third kappa shape index (κ3) is 4.28. The summed E-state index contributed by atoms with van der Waals surface area (Å²) < 4.78 is 5.09. The van der Waals surface area contributed by atoms with E-state index in [9.17, 15) is 10.1 Å².